The molecule has 1 saturated heterocycles. The Balaban J connectivity index is 1.35. The van der Waals surface area contributed by atoms with Gasteiger partial charge in [0.1, 0.15) is 36.3 Å². The molecule has 1 aliphatic rings. The Morgan fingerprint density at radius 2 is 2.05 bits per heavy atom. The van der Waals surface area contributed by atoms with Crippen LogP contribution in [0.2, 0.25) is 5.02 Å². The van der Waals surface area contributed by atoms with Crippen molar-refractivity contribution in [2.75, 3.05) is 12.4 Å². The summed E-state index contributed by atoms with van der Waals surface area (Å²) in [6.07, 6.45) is -0.244. The van der Waals surface area contributed by atoms with Crippen molar-refractivity contribution < 1.29 is 23.8 Å². The van der Waals surface area contributed by atoms with E-state index in [0.29, 0.717) is 40.9 Å². The van der Waals surface area contributed by atoms with E-state index >= 15 is 0 Å². The van der Waals surface area contributed by atoms with Gasteiger partial charge in [0.15, 0.2) is 29.3 Å². The van der Waals surface area contributed by atoms with Gasteiger partial charge in [0.25, 0.3) is 5.91 Å². The van der Waals surface area contributed by atoms with Crippen LogP contribution in [-0.2, 0) is 22.7 Å². The summed E-state index contributed by atoms with van der Waals surface area (Å²) in [7, 11) is 1.48. The number of aryl methyl sites for hydroxylation is 2. The summed E-state index contributed by atoms with van der Waals surface area (Å²) in [5.41, 5.74) is 8.68. The first kappa shape index (κ1) is 25.9. The van der Waals surface area contributed by atoms with Crippen molar-refractivity contribution in [3.8, 4) is 5.75 Å². The number of aliphatic hydroxyl groups is 1. The maximum absolute atomic E-state index is 12.1. The number of fused-ring (bicyclic) bond motifs is 1. The van der Waals surface area contributed by atoms with E-state index < -0.39 is 30.4 Å². The van der Waals surface area contributed by atoms with Crippen molar-refractivity contribution in [3.05, 3.63) is 64.6 Å². The Labute approximate surface area is 223 Å². The maximum Gasteiger partial charge on any atom is 0.250 e. The third-order valence-electron chi connectivity index (χ3n) is 6.46. The molecule has 3 aromatic heterocycles. The van der Waals surface area contributed by atoms with Gasteiger partial charge in [-0.3, -0.25) is 9.36 Å². The number of nitrogens with one attached hydrogen (secondary N) is 2. The molecular formula is C25H28ClN7O5. The van der Waals surface area contributed by atoms with Gasteiger partial charge < -0.3 is 35.4 Å². The lowest BCUT2D eigenvalue weighted by Crippen LogP contribution is -2.46. The second-order valence-corrected chi connectivity index (χ2v) is 9.44. The zero-order valence-corrected chi connectivity index (χ0v) is 21.8. The third kappa shape index (κ3) is 4.90. The minimum atomic E-state index is -1.14. The van der Waals surface area contributed by atoms with Crippen LogP contribution in [0, 0.1) is 13.8 Å². The summed E-state index contributed by atoms with van der Waals surface area (Å²) in [4.78, 5) is 25.2. The number of rotatable bonds is 8. The number of hydrogen-bond donors (Lipinski definition) is 4. The zero-order chi connectivity index (χ0) is 27.0. The molecule has 12 nitrogen and oxygen atoms in total. The molecule has 38 heavy (non-hydrogen) atoms. The number of likely N-dealkylation sites (N-methyl/N-ethyl adjacent to an activating group) is 1. The SMILES string of the molecule is CNC(=O)[C@H]1O[C@@H](n2cnc3c(NCc4cc(Cl)ccc4OCc4cc(C)oc4C)ncnc32)[C@H](O)[C@@H]1N. The highest BCUT2D eigenvalue weighted by atomic mass is 35.5. The summed E-state index contributed by atoms with van der Waals surface area (Å²) >= 11 is 6.27. The maximum atomic E-state index is 12.1. The first-order valence-corrected chi connectivity index (χ1v) is 12.3. The number of carbonyl (C=O) groups excluding carboxylic acids is 1. The molecule has 200 valence electrons. The lowest BCUT2D eigenvalue weighted by molar-refractivity contribution is -0.134. The average molecular weight is 542 g/mol. The molecule has 13 heteroatoms. The molecule has 1 fully saturated rings. The number of halogens is 1. The number of amides is 1. The quantitative estimate of drug-likeness (QED) is 0.260. The van der Waals surface area contributed by atoms with Crippen molar-refractivity contribution >= 4 is 34.5 Å². The van der Waals surface area contributed by atoms with E-state index in [1.807, 2.05) is 32.0 Å². The second kappa shape index (κ2) is 10.6. The smallest absolute Gasteiger partial charge is 0.250 e. The van der Waals surface area contributed by atoms with Gasteiger partial charge >= 0.3 is 0 Å². The molecule has 0 unspecified atom stereocenters. The molecule has 1 aliphatic heterocycles. The molecule has 5 N–H and O–H groups in total. The lowest BCUT2D eigenvalue weighted by Gasteiger charge is -2.17. The van der Waals surface area contributed by atoms with Gasteiger partial charge in [-0.15, -0.1) is 0 Å². The van der Waals surface area contributed by atoms with Crippen LogP contribution < -0.4 is 21.1 Å². The van der Waals surface area contributed by atoms with Gasteiger partial charge in [-0.2, -0.15) is 0 Å². The van der Waals surface area contributed by atoms with Crippen molar-refractivity contribution in [1.82, 2.24) is 24.8 Å². The van der Waals surface area contributed by atoms with E-state index in [1.54, 1.807) is 10.6 Å². The molecule has 0 spiro atoms. The second-order valence-electron chi connectivity index (χ2n) is 9.01. The van der Waals surface area contributed by atoms with Crippen LogP contribution in [0.5, 0.6) is 5.75 Å². The number of anilines is 1. The van der Waals surface area contributed by atoms with Crippen LogP contribution in [0.4, 0.5) is 5.82 Å². The first-order chi connectivity index (χ1) is 18.3. The molecule has 0 aliphatic carbocycles. The molecule has 0 bridgehead atoms. The van der Waals surface area contributed by atoms with E-state index in [4.69, 9.17) is 31.2 Å². The van der Waals surface area contributed by atoms with Crippen LogP contribution in [0.25, 0.3) is 11.2 Å². The Hall–Kier alpha value is -3.71. The van der Waals surface area contributed by atoms with Crippen LogP contribution in [0.15, 0.2) is 41.3 Å². The van der Waals surface area contributed by atoms with E-state index in [0.717, 1.165) is 22.6 Å². The summed E-state index contributed by atoms with van der Waals surface area (Å²) in [6.45, 7) is 4.48. The molecule has 0 saturated carbocycles. The van der Waals surface area contributed by atoms with Gasteiger partial charge in [0.05, 0.1) is 12.4 Å². The Morgan fingerprint density at radius 1 is 1.24 bits per heavy atom. The normalized spacial score (nSPS) is 21.1. The fraction of sp³-hybridized carbons (Fsp3) is 0.360. The van der Waals surface area contributed by atoms with Gasteiger partial charge in [-0.25, -0.2) is 15.0 Å². The van der Waals surface area contributed by atoms with Crippen molar-refractivity contribution in [2.24, 2.45) is 5.73 Å². The largest absolute Gasteiger partial charge is 0.488 e. The predicted octanol–water partition coefficient (Wildman–Crippen LogP) is 2.21. The van der Waals surface area contributed by atoms with Gasteiger partial charge in [-0.1, -0.05) is 11.6 Å². The van der Waals surface area contributed by atoms with Gasteiger partial charge in [0, 0.05) is 29.7 Å². The average Bonchev–Trinajstić information content (AvgIpc) is 3.56. The number of hydrogen-bond acceptors (Lipinski definition) is 10. The molecule has 1 amide bonds. The van der Waals surface area contributed by atoms with Crippen molar-refractivity contribution in [2.45, 2.75) is 51.5 Å². The number of imidazole rings is 1. The molecule has 4 atom stereocenters. The highest BCUT2D eigenvalue weighted by Crippen LogP contribution is 2.32. The van der Waals surface area contributed by atoms with Crippen LogP contribution >= 0.6 is 11.6 Å². The summed E-state index contributed by atoms with van der Waals surface area (Å²) < 4.78 is 19.0. The van der Waals surface area contributed by atoms with Crippen molar-refractivity contribution in [1.29, 1.82) is 0 Å². The molecule has 4 aromatic rings. The van der Waals surface area contributed by atoms with Crippen LogP contribution in [0.1, 0.15) is 28.9 Å². The Kier molecular flexibility index (Phi) is 7.21. The first-order valence-electron chi connectivity index (χ1n) is 12.0. The third-order valence-corrected chi connectivity index (χ3v) is 6.69. The van der Waals surface area contributed by atoms with Gasteiger partial charge in [0.2, 0.25) is 0 Å². The molecular weight excluding hydrogens is 514 g/mol. The van der Waals surface area contributed by atoms with Crippen LogP contribution in [-0.4, -0.2) is 55.8 Å². The monoisotopic (exact) mass is 541 g/mol. The number of carbonyl (C=O) groups is 1. The van der Waals surface area contributed by atoms with Crippen molar-refractivity contribution in [3.63, 3.8) is 0 Å². The minimum absolute atomic E-state index is 0.338. The summed E-state index contributed by atoms with van der Waals surface area (Å²) in [5, 5.41) is 17.0. The number of ether oxygens (including phenoxy) is 2. The zero-order valence-electron chi connectivity index (χ0n) is 21.0. The molecule has 0 radical (unpaired) electrons. The summed E-state index contributed by atoms with van der Waals surface area (Å²) in [6, 6.07) is 6.44. The number of furan rings is 1. The topological polar surface area (TPSA) is 163 Å². The lowest BCUT2D eigenvalue weighted by atomic mass is 10.1. The predicted molar refractivity (Wildman–Crippen MR) is 139 cm³/mol. The van der Waals surface area contributed by atoms with E-state index in [1.165, 1.54) is 19.7 Å². The fourth-order valence-corrected chi connectivity index (χ4v) is 4.65. The molecule has 5 rings (SSSR count). The fourth-order valence-electron chi connectivity index (χ4n) is 4.46. The van der Waals surface area contributed by atoms with Gasteiger partial charge in [-0.05, 0) is 38.1 Å². The minimum Gasteiger partial charge on any atom is -0.488 e. The van der Waals surface area contributed by atoms with E-state index in [2.05, 4.69) is 25.6 Å². The Bertz CT molecular complexity index is 1470. The highest BCUT2D eigenvalue weighted by molar-refractivity contribution is 6.30. The highest BCUT2D eigenvalue weighted by Gasteiger charge is 2.46. The van der Waals surface area contributed by atoms with E-state index in [-0.39, 0.29) is 0 Å². The van der Waals surface area contributed by atoms with Crippen LogP contribution in [0.3, 0.4) is 0 Å². The molecule has 1 aromatic carbocycles. The number of nitrogens with two attached hydrogens (primary N) is 1. The standard InChI is InChI=1S/C25H28ClN7O5/c1-12-6-15(13(2)37-12)9-36-17-5-4-16(26)7-14(17)8-29-22-19-23(31-10-30-22)33(11-32-19)25-20(34)18(27)21(38-25)24(35)28-3/h4-7,10-11,18,20-21,25,34H,8-9,27H2,1-3H3,(H,28,35)(H,29,30,31)/t18-,20+,21-,25+/m0/s1. The number of aromatic nitrogens is 4. The summed E-state index contributed by atoms with van der Waals surface area (Å²) in [5.74, 6) is 2.34. The number of aliphatic hydroxyl groups excluding tert-OH is 1. The number of nitrogens with zero attached hydrogens (tertiary/aromatic N) is 4. The number of benzene rings is 1. The molecule has 4 heterocycles. The van der Waals surface area contributed by atoms with E-state index in [9.17, 15) is 9.90 Å². The Morgan fingerprint density at radius 3 is 2.79 bits per heavy atom.